The van der Waals surface area contributed by atoms with E-state index in [0.717, 1.165) is 18.2 Å². The van der Waals surface area contributed by atoms with Gasteiger partial charge in [0, 0.05) is 5.57 Å². The van der Waals surface area contributed by atoms with Gasteiger partial charge in [0.2, 0.25) is 0 Å². The van der Waals surface area contributed by atoms with Gasteiger partial charge in [-0.1, -0.05) is 18.2 Å². The third kappa shape index (κ3) is 8.47. The van der Waals surface area contributed by atoms with Crippen LogP contribution in [0.3, 0.4) is 0 Å². The molecular formula is C21H13K3N4O8. The van der Waals surface area contributed by atoms with Crippen LogP contribution in [-0.2, 0) is 25.7 Å². The third-order valence-corrected chi connectivity index (χ3v) is 4.72. The number of hydrogen-bond acceptors (Lipinski definition) is 9. The van der Waals surface area contributed by atoms with Crippen LogP contribution >= 0.6 is 0 Å². The van der Waals surface area contributed by atoms with Crippen LogP contribution in [0.5, 0.6) is 5.88 Å². The molecule has 2 heterocycles. The van der Waals surface area contributed by atoms with Crippen LogP contribution in [-0.4, -0.2) is 39.8 Å². The zero-order valence-corrected chi connectivity index (χ0v) is 29.6. The van der Waals surface area contributed by atoms with Crippen molar-refractivity contribution in [3.63, 3.8) is 0 Å². The van der Waals surface area contributed by atoms with Crippen molar-refractivity contribution in [2.75, 3.05) is 6.54 Å². The first-order chi connectivity index (χ1) is 15.5. The molecule has 15 heteroatoms. The molecule has 0 bridgehead atoms. The molecule has 1 aliphatic heterocycles. The fraction of sp³-hybridized carbons (Fsp3) is 0.190. The number of pyridine rings is 1. The number of aliphatic carboxylic acids is 2. The zero-order chi connectivity index (χ0) is 25.0. The number of nitriles is 1. The van der Waals surface area contributed by atoms with E-state index in [4.69, 9.17) is 6.57 Å². The fourth-order valence-corrected chi connectivity index (χ4v) is 3.08. The summed E-state index contributed by atoms with van der Waals surface area (Å²) in [5, 5.41) is 43.6. The number of nitrogens with zero attached hydrogens (tertiary/aromatic N) is 4. The minimum absolute atomic E-state index is 0. The van der Waals surface area contributed by atoms with E-state index in [9.17, 15) is 44.6 Å². The van der Waals surface area contributed by atoms with Gasteiger partial charge < -0.3 is 29.5 Å². The number of imide groups is 1. The van der Waals surface area contributed by atoms with Gasteiger partial charge >= 0.3 is 154 Å². The molecule has 0 spiro atoms. The second kappa shape index (κ2) is 16.8. The van der Waals surface area contributed by atoms with Gasteiger partial charge in [-0.15, -0.1) is 0 Å². The van der Waals surface area contributed by atoms with Crippen molar-refractivity contribution < 1.29 is 189 Å². The number of aromatic nitrogens is 1. The topological polar surface area (TPSA) is 191 Å². The average molecular weight is 567 g/mol. The first-order valence-electron chi connectivity index (χ1n) is 9.03. The van der Waals surface area contributed by atoms with Crippen LogP contribution in [0, 0.1) is 24.8 Å². The van der Waals surface area contributed by atoms with Gasteiger partial charge in [0.25, 0.3) is 23.1 Å². The van der Waals surface area contributed by atoms with Crippen LogP contribution < -0.4 is 175 Å². The summed E-state index contributed by atoms with van der Waals surface area (Å²) in [7, 11) is 0. The monoisotopic (exact) mass is 566 g/mol. The van der Waals surface area contributed by atoms with Crippen LogP contribution in [0.15, 0.2) is 33.8 Å². The molecule has 0 unspecified atom stereocenters. The molecule has 0 saturated carbocycles. The minimum atomic E-state index is -1.73. The van der Waals surface area contributed by atoms with E-state index in [1.54, 1.807) is 6.07 Å². The Morgan fingerprint density at radius 1 is 1.06 bits per heavy atom. The molecule has 0 aromatic carbocycles. The average Bonchev–Trinajstić information content (AvgIpc) is 2.73. The maximum atomic E-state index is 12.6. The molecule has 0 radical (unpaired) electrons. The summed E-state index contributed by atoms with van der Waals surface area (Å²) in [5.41, 5.74) is -2.54. The molecule has 168 valence electrons. The summed E-state index contributed by atoms with van der Waals surface area (Å²) < 4.78 is 0.321. The number of hydrogen-bond donors (Lipinski definition) is 0. The largest absolute Gasteiger partial charge is 1.00 e. The van der Waals surface area contributed by atoms with Crippen molar-refractivity contribution >= 4 is 29.8 Å². The van der Waals surface area contributed by atoms with Crippen LogP contribution in [0.25, 0.3) is 10.9 Å². The molecule has 12 nitrogen and oxygen atoms in total. The Balaban J connectivity index is 0. The van der Waals surface area contributed by atoms with Crippen molar-refractivity contribution in [1.29, 1.82) is 5.26 Å². The molecule has 0 atom stereocenters. The Morgan fingerprint density at radius 2 is 1.61 bits per heavy atom. The van der Waals surface area contributed by atoms with E-state index in [1.165, 1.54) is 13.8 Å². The molecule has 0 saturated heterocycles. The maximum absolute atomic E-state index is 12.6. The Hall–Kier alpha value is -0.0609. The van der Waals surface area contributed by atoms with Gasteiger partial charge in [-0.25, -0.2) is 4.85 Å². The number of carbonyl (C=O) groups excluding carboxylic acids is 4. The molecule has 2 amide bonds. The first kappa shape index (κ1) is 38.1. The van der Waals surface area contributed by atoms with Crippen molar-refractivity contribution in [2.45, 2.75) is 20.4 Å². The van der Waals surface area contributed by atoms with E-state index < -0.39 is 59.5 Å². The molecule has 1 aliphatic rings. The summed E-state index contributed by atoms with van der Waals surface area (Å²) in [5.74, 6) is -6.58. The standard InChI is InChI=1S/C21H16N4O8.3K/c1-10-12(18(30)24(8-15(26)27)20(32)14(10)7-22)5-4-6-13-11(2)17(23-3)21(33)25(19(13)31)9-16(28)29;;;/h4-6,30H,8-9H2,1-2H3,(H,26,27)(H,28,29);;;/q;3*+1/p-3/b5-4?,13-6-;;;. The van der Waals surface area contributed by atoms with E-state index >= 15 is 0 Å². The van der Waals surface area contributed by atoms with E-state index in [0.29, 0.717) is 9.47 Å². The molecule has 0 aliphatic carbocycles. The van der Waals surface area contributed by atoms with Crippen LogP contribution in [0.4, 0.5) is 0 Å². The summed E-state index contributed by atoms with van der Waals surface area (Å²) in [6.45, 7) is 7.59. The van der Waals surface area contributed by atoms with E-state index in [1.807, 2.05) is 0 Å². The van der Waals surface area contributed by atoms with Crippen molar-refractivity contribution in [3.8, 4) is 11.9 Å². The van der Waals surface area contributed by atoms with E-state index in [-0.39, 0.29) is 176 Å². The molecular weight excluding hydrogens is 554 g/mol. The summed E-state index contributed by atoms with van der Waals surface area (Å²) in [4.78, 5) is 62.2. The molecule has 0 N–H and O–H groups in total. The SMILES string of the molecule is [C-]#[N+]C1=C(C)/C(=C/C=Cc2c(C)c(C#N)c(=O)n(CC(=O)[O-])c2[O-])C(=O)N(CC(=O)[O-])C1=O.[K+].[K+].[K+]. The number of carboxylic acid groups (broad SMARTS) is 2. The molecule has 36 heavy (non-hydrogen) atoms. The number of rotatable bonds is 6. The summed E-state index contributed by atoms with van der Waals surface area (Å²) in [6.07, 6.45) is 3.36. The molecule has 0 fully saturated rings. The molecule has 1 aromatic rings. The van der Waals surface area contributed by atoms with Gasteiger partial charge in [0.15, 0.2) is 0 Å². The van der Waals surface area contributed by atoms with Gasteiger partial charge in [-0.05, 0) is 36.4 Å². The minimum Gasteiger partial charge on any atom is -0.860 e. The summed E-state index contributed by atoms with van der Waals surface area (Å²) in [6, 6.07) is 1.61. The van der Waals surface area contributed by atoms with Gasteiger partial charge in [0.05, 0.1) is 31.6 Å². The quantitative estimate of drug-likeness (QED) is 0.139. The first-order valence-corrected chi connectivity index (χ1v) is 9.03. The Labute approximate surface area is 332 Å². The van der Waals surface area contributed by atoms with Crippen molar-refractivity contribution in [2.24, 2.45) is 0 Å². The molecule has 2 rings (SSSR count). The van der Waals surface area contributed by atoms with Gasteiger partial charge in [-0.2, -0.15) is 5.26 Å². The third-order valence-electron chi connectivity index (χ3n) is 4.72. The Morgan fingerprint density at radius 3 is 2.08 bits per heavy atom. The second-order valence-electron chi connectivity index (χ2n) is 6.69. The number of allylic oxidation sites excluding steroid dienone is 2. The van der Waals surface area contributed by atoms with Crippen LogP contribution in [0.1, 0.15) is 23.6 Å². The number of carboxylic acids is 2. The van der Waals surface area contributed by atoms with Crippen LogP contribution in [0.2, 0.25) is 0 Å². The van der Waals surface area contributed by atoms with Gasteiger partial charge in [0.1, 0.15) is 11.6 Å². The second-order valence-corrected chi connectivity index (χ2v) is 6.69. The number of amides is 2. The van der Waals surface area contributed by atoms with E-state index in [2.05, 4.69) is 4.85 Å². The van der Waals surface area contributed by atoms with Gasteiger partial charge in [-0.3, -0.25) is 19.3 Å². The predicted octanol–water partition coefficient (Wildman–Crippen LogP) is -11.9. The van der Waals surface area contributed by atoms with Crippen molar-refractivity contribution in [3.05, 3.63) is 67.5 Å². The smallest absolute Gasteiger partial charge is 0.860 e. The predicted molar refractivity (Wildman–Crippen MR) is 103 cm³/mol. The molecule has 1 aromatic heterocycles. The Bertz CT molecular complexity index is 1350. The zero-order valence-electron chi connectivity index (χ0n) is 20.2. The Kier molecular flexibility index (Phi) is 17.8. The summed E-state index contributed by atoms with van der Waals surface area (Å²) >= 11 is 0. The number of carbonyl (C=O) groups is 4. The normalized spacial score (nSPS) is 13.9. The fourth-order valence-electron chi connectivity index (χ4n) is 3.08. The van der Waals surface area contributed by atoms with Crippen molar-refractivity contribution in [1.82, 2.24) is 9.47 Å². The maximum Gasteiger partial charge on any atom is 1.00 e.